The van der Waals surface area contributed by atoms with Gasteiger partial charge in [0, 0.05) is 45.6 Å². The molecule has 0 radical (unpaired) electrons. The van der Waals surface area contributed by atoms with E-state index in [9.17, 15) is 26.4 Å². The van der Waals surface area contributed by atoms with Crippen molar-refractivity contribution in [1.82, 2.24) is 0 Å². The molecule has 0 heterocycles. The average Bonchev–Trinajstić information content (AvgIpc) is 3.13. The number of rotatable bonds is 14. The van der Waals surface area contributed by atoms with Gasteiger partial charge in [-0.15, -0.1) is 0 Å². The Labute approximate surface area is 316 Å². The number of carbonyl (C=O) groups excluding carboxylic acids is 2. The van der Waals surface area contributed by atoms with Gasteiger partial charge >= 0.3 is 20.2 Å². The Morgan fingerprint density at radius 2 is 0.833 bits per heavy atom. The van der Waals surface area contributed by atoms with E-state index in [1.165, 1.54) is 48.6 Å². The van der Waals surface area contributed by atoms with E-state index in [1.807, 2.05) is 62.3 Å². The third-order valence-electron chi connectivity index (χ3n) is 8.30. The fourth-order valence-corrected chi connectivity index (χ4v) is 7.00. The topological polar surface area (TPSA) is 127 Å². The molecule has 0 aliphatic heterocycles. The Bertz CT molecular complexity index is 2260. The van der Waals surface area contributed by atoms with Gasteiger partial charge in [-0.1, -0.05) is 71.8 Å². The molecule has 5 aromatic carbocycles. The number of anilines is 2. The first kappa shape index (κ1) is 39.2. The second kappa shape index (κ2) is 16.4. The summed E-state index contributed by atoms with van der Waals surface area (Å²) in [4.78, 5) is 31.2. The SMILES string of the molecule is Cc1ccc(S(=O)(=O)Oc2cc(OS(=O)(=O)c3ccc(C)cc3)c(C(=O)C=Cc3ccc(N(C)C)cc3)cc2C(=O)C=Cc2ccc(N(C)C)cc2)cc1. The minimum atomic E-state index is -4.56. The molecule has 0 aliphatic carbocycles. The number of hydrogen-bond donors (Lipinski definition) is 0. The average molecular weight is 765 g/mol. The van der Waals surface area contributed by atoms with Crippen LogP contribution in [0.15, 0.2) is 131 Å². The fraction of sp³-hybridized carbons (Fsp3) is 0.143. The largest absolute Gasteiger partial charge is 0.378 e. The molecule has 5 rings (SSSR count). The first-order chi connectivity index (χ1) is 25.5. The monoisotopic (exact) mass is 764 g/mol. The molecule has 0 saturated heterocycles. The van der Waals surface area contributed by atoms with Crippen LogP contribution in [0.1, 0.15) is 43.0 Å². The van der Waals surface area contributed by atoms with Crippen LogP contribution in [0, 0.1) is 13.8 Å². The first-order valence-electron chi connectivity index (χ1n) is 16.7. The van der Waals surface area contributed by atoms with Crippen LogP contribution in [0.3, 0.4) is 0 Å². The predicted molar refractivity (Wildman–Crippen MR) is 213 cm³/mol. The van der Waals surface area contributed by atoms with Crippen LogP contribution >= 0.6 is 0 Å². The van der Waals surface area contributed by atoms with E-state index in [-0.39, 0.29) is 20.9 Å². The molecule has 0 unspecified atom stereocenters. The van der Waals surface area contributed by atoms with Gasteiger partial charge in [-0.2, -0.15) is 16.8 Å². The molecular weight excluding hydrogens is 725 g/mol. The Hall–Kier alpha value is -5.98. The standard InChI is InChI=1S/C42H40N2O8S2/c1-29-7-21-35(22-8-29)53(47,48)51-41-28-42(52-54(49,50)36-23-9-30(2)10-24-36)38(40(46)26-16-32-13-19-34(20-14-32)44(5)6)27-37(41)39(45)25-15-31-11-17-33(18-12-31)43(3)4/h7-28H,1-6H3. The molecule has 54 heavy (non-hydrogen) atoms. The van der Waals surface area contributed by atoms with E-state index in [4.69, 9.17) is 8.37 Å². The molecule has 0 saturated carbocycles. The summed E-state index contributed by atoms with van der Waals surface area (Å²) in [5.74, 6) is -2.51. The van der Waals surface area contributed by atoms with Crippen LogP contribution in [-0.4, -0.2) is 56.6 Å². The highest BCUT2D eigenvalue weighted by Crippen LogP contribution is 2.35. The summed E-state index contributed by atoms with van der Waals surface area (Å²) >= 11 is 0. The number of ketones is 2. The molecule has 0 atom stereocenters. The second-order valence-electron chi connectivity index (χ2n) is 12.9. The smallest absolute Gasteiger partial charge is 0.339 e. The first-order valence-corrected chi connectivity index (χ1v) is 19.5. The fourth-order valence-electron chi connectivity index (χ4n) is 5.12. The van der Waals surface area contributed by atoms with Crippen molar-refractivity contribution in [3.05, 3.63) is 155 Å². The van der Waals surface area contributed by atoms with Crippen LogP contribution in [-0.2, 0) is 20.2 Å². The molecule has 0 bridgehead atoms. The van der Waals surface area contributed by atoms with Crippen LogP contribution in [0.25, 0.3) is 12.2 Å². The quantitative estimate of drug-likeness (QED) is 0.0629. The van der Waals surface area contributed by atoms with Gasteiger partial charge in [0.2, 0.25) is 0 Å². The van der Waals surface area contributed by atoms with E-state index in [0.717, 1.165) is 34.6 Å². The van der Waals surface area contributed by atoms with Gasteiger partial charge in [0.15, 0.2) is 23.1 Å². The summed E-state index contributed by atoms with van der Waals surface area (Å²) in [5.41, 5.74) is 4.19. The van der Waals surface area contributed by atoms with E-state index in [0.29, 0.717) is 11.1 Å². The Kier molecular flexibility index (Phi) is 11.9. The van der Waals surface area contributed by atoms with E-state index >= 15 is 0 Å². The number of benzene rings is 5. The maximum atomic E-state index is 13.9. The summed E-state index contributed by atoms with van der Waals surface area (Å²) < 4.78 is 65.3. The number of allylic oxidation sites excluding steroid dienone is 2. The third kappa shape index (κ3) is 9.71. The molecular formula is C42H40N2O8S2. The van der Waals surface area contributed by atoms with E-state index in [2.05, 4.69) is 0 Å². The van der Waals surface area contributed by atoms with Crippen LogP contribution in [0.2, 0.25) is 0 Å². The molecule has 0 spiro atoms. The molecule has 10 nitrogen and oxygen atoms in total. The van der Waals surface area contributed by atoms with Crippen LogP contribution in [0.4, 0.5) is 11.4 Å². The molecule has 0 fully saturated rings. The lowest BCUT2D eigenvalue weighted by Gasteiger charge is -2.16. The van der Waals surface area contributed by atoms with Crippen molar-refractivity contribution in [1.29, 1.82) is 0 Å². The maximum Gasteiger partial charge on any atom is 0.339 e. The normalized spacial score (nSPS) is 11.8. The Balaban J connectivity index is 1.65. The van der Waals surface area contributed by atoms with Crippen LogP contribution in [0.5, 0.6) is 11.5 Å². The number of nitrogens with zero attached hydrogens (tertiary/aromatic N) is 2. The predicted octanol–water partition coefficient (Wildman–Crippen LogP) is 7.76. The minimum Gasteiger partial charge on any atom is -0.378 e. The number of aryl methyl sites for hydroxylation is 2. The summed E-state index contributed by atoms with van der Waals surface area (Å²) in [7, 11) is -1.53. The Morgan fingerprint density at radius 1 is 0.500 bits per heavy atom. The highest BCUT2D eigenvalue weighted by atomic mass is 32.2. The summed E-state index contributed by atoms with van der Waals surface area (Å²) in [6.07, 6.45) is 5.49. The van der Waals surface area contributed by atoms with Crippen LogP contribution < -0.4 is 18.2 Å². The number of hydrogen-bond acceptors (Lipinski definition) is 10. The number of carbonyl (C=O) groups is 2. The zero-order valence-electron chi connectivity index (χ0n) is 30.7. The van der Waals surface area contributed by atoms with E-state index < -0.39 is 43.3 Å². The molecule has 278 valence electrons. The zero-order valence-corrected chi connectivity index (χ0v) is 32.3. The van der Waals surface area contributed by atoms with Crippen molar-refractivity contribution >= 4 is 55.3 Å². The van der Waals surface area contributed by atoms with Crippen molar-refractivity contribution in [3.63, 3.8) is 0 Å². The van der Waals surface area contributed by atoms with Crippen molar-refractivity contribution in [2.24, 2.45) is 0 Å². The van der Waals surface area contributed by atoms with Gasteiger partial charge in [-0.3, -0.25) is 9.59 Å². The lowest BCUT2D eigenvalue weighted by molar-refractivity contribution is 0.104. The van der Waals surface area contributed by atoms with E-state index in [1.54, 1.807) is 62.4 Å². The second-order valence-corrected chi connectivity index (χ2v) is 16.0. The molecule has 0 aliphatic rings. The summed E-state index contributed by atoms with van der Waals surface area (Å²) in [6, 6.07) is 28.4. The highest BCUT2D eigenvalue weighted by molar-refractivity contribution is 7.87. The van der Waals surface area contributed by atoms with Gasteiger partial charge < -0.3 is 18.2 Å². The Morgan fingerprint density at radius 3 is 1.15 bits per heavy atom. The van der Waals surface area contributed by atoms with Crippen molar-refractivity contribution in [2.75, 3.05) is 38.0 Å². The molecule has 5 aromatic rings. The van der Waals surface area contributed by atoms with Gasteiger partial charge in [0.25, 0.3) is 0 Å². The molecule has 0 amide bonds. The van der Waals surface area contributed by atoms with Gasteiger partial charge in [0.1, 0.15) is 9.79 Å². The van der Waals surface area contributed by atoms with Gasteiger partial charge in [-0.05, 0) is 91.7 Å². The van der Waals surface area contributed by atoms with Crippen molar-refractivity contribution in [2.45, 2.75) is 23.6 Å². The highest BCUT2D eigenvalue weighted by Gasteiger charge is 2.27. The molecule has 12 heteroatoms. The zero-order chi connectivity index (χ0) is 39.2. The maximum absolute atomic E-state index is 13.9. The third-order valence-corrected chi connectivity index (χ3v) is 10.8. The molecule has 0 N–H and O–H groups in total. The lowest BCUT2D eigenvalue weighted by Crippen LogP contribution is -2.16. The van der Waals surface area contributed by atoms with Gasteiger partial charge in [0.05, 0.1) is 11.1 Å². The summed E-state index contributed by atoms with van der Waals surface area (Å²) in [6.45, 7) is 3.57. The van der Waals surface area contributed by atoms with Crippen molar-refractivity contribution in [3.8, 4) is 11.5 Å². The van der Waals surface area contributed by atoms with Crippen molar-refractivity contribution < 1.29 is 34.8 Å². The van der Waals surface area contributed by atoms with Gasteiger partial charge in [-0.25, -0.2) is 0 Å². The molecule has 0 aromatic heterocycles. The lowest BCUT2D eigenvalue weighted by atomic mass is 10.0. The summed E-state index contributed by atoms with van der Waals surface area (Å²) in [5, 5.41) is 0. The minimum absolute atomic E-state index is 0.207.